The van der Waals surface area contributed by atoms with E-state index in [0.29, 0.717) is 6.42 Å². The number of anilines is 1. The van der Waals surface area contributed by atoms with E-state index in [1.807, 2.05) is 6.92 Å². The number of carbonyl (C=O) groups is 1. The van der Waals surface area contributed by atoms with Crippen LogP contribution in [0.1, 0.15) is 30.6 Å². The average molecular weight is 385 g/mol. The van der Waals surface area contributed by atoms with Crippen LogP contribution in [0.15, 0.2) is 47.4 Å². The van der Waals surface area contributed by atoms with Gasteiger partial charge in [0.05, 0.1) is 15.6 Å². The summed E-state index contributed by atoms with van der Waals surface area (Å²) in [5.74, 6) is -1.30. The quantitative estimate of drug-likeness (QED) is 0.795. The fourth-order valence-corrected chi connectivity index (χ4v) is 3.50. The second-order valence-electron chi connectivity index (χ2n) is 5.51. The molecule has 25 heavy (non-hydrogen) atoms. The van der Waals surface area contributed by atoms with E-state index in [1.54, 1.807) is 6.92 Å². The van der Waals surface area contributed by atoms with Crippen LogP contribution in [0, 0.1) is 5.82 Å². The Balaban J connectivity index is 2.16. The molecular weight excluding hydrogens is 367 g/mol. The molecule has 0 radical (unpaired) electrons. The first-order valence-corrected chi connectivity index (χ1v) is 9.48. The highest BCUT2D eigenvalue weighted by atomic mass is 35.5. The third-order valence-corrected chi connectivity index (χ3v) is 5.49. The van der Waals surface area contributed by atoms with Gasteiger partial charge in [-0.1, -0.05) is 24.6 Å². The van der Waals surface area contributed by atoms with E-state index in [9.17, 15) is 17.6 Å². The fraction of sp³-hybridized carbons (Fsp3) is 0.235. The summed E-state index contributed by atoms with van der Waals surface area (Å²) < 4.78 is 40.7. The summed E-state index contributed by atoms with van der Waals surface area (Å²) in [7, 11) is -3.64. The first-order chi connectivity index (χ1) is 11.7. The molecule has 1 unspecified atom stereocenters. The predicted octanol–water partition coefficient (Wildman–Crippen LogP) is 3.81. The lowest BCUT2D eigenvalue weighted by Crippen LogP contribution is -2.32. The molecule has 0 aliphatic heterocycles. The summed E-state index contributed by atoms with van der Waals surface area (Å²) in [5, 5.41) is 2.30. The molecule has 2 N–H and O–H groups in total. The number of halogens is 2. The second kappa shape index (κ2) is 7.95. The Morgan fingerprint density at radius 2 is 1.84 bits per heavy atom. The van der Waals surface area contributed by atoms with E-state index in [4.69, 9.17) is 11.6 Å². The molecule has 134 valence electrons. The van der Waals surface area contributed by atoms with Gasteiger partial charge in [-0.2, -0.15) is 0 Å². The molecule has 0 aliphatic carbocycles. The number of hydrogen-bond donors (Lipinski definition) is 2. The van der Waals surface area contributed by atoms with Gasteiger partial charge in [0.25, 0.3) is 5.91 Å². The van der Waals surface area contributed by atoms with Crippen molar-refractivity contribution in [2.45, 2.75) is 31.2 Å². The van der Waals surface area contributed by atoms with Crippen LogP contribution in [0.2, 0.25) is 5.02 Å². The molecule has 0 heterocycles. The SMILES string of the molecule is CCC(C)NS(=O)(=O)c1ccc(C(=O)Nc2cccc(Cl)c2F)cc1. The van der Waals surface area contributed by atoms with Crippen molar-refractivity contribution in [3.63, 3.8) is 0 Å². The van der Waals surface area contributed by atoms with Crippen LogP contribution in [0.25, 0.3) is 0 Å². The summed E-state index contributed by atoms with van der Waals surface area (Å²) in [5.41, 5.74) is 0.148. The highest BCUT2D eigenvalue weighted by molar-refractivity contribution is 7.89. The minimum Gasteiger partial charge on any atom is -0.319 e. The zero-order valence-corrected chi connectivity index (χ0v) is 15.3. The molecule has 0 spiro atoms. The molecule has 1 amide bonds. The monoisotopic (exact) mass is 384 g/mol. The molecule has 2 aromatic carbocycles. The summed E-state index contributed by atoms with van der Waals surface area (Å²) in [6.07, 6.45) is 0.658. The number of nitrogens with one attached hydrogen (secondary N) is 2. The largest absolute Gasteiger partial charge is 0.319 e. The minimum atomic E-state index is -3.64. The first-order valence-electron chi connectivity index (χ1n) is 7.62. The van der Waals surface area contributed by atoms with Gasteiger partial charge in [0.2, 0.25) is 10.0 Å². The molecule has 2 rings (SSSR count). The zero-order chi connectivity index (χ0) is 18.6. The van der Waals surface area contributed by atoms with E-state index in [-0.39, 0.29) is 27.2 Å². The topological polar surface area (TPSA) is 75.3 Å². The van der Waals surface area contributed by atoms with Crippen molar-refractivity contribution in [2.24, 2.45) is 0 Å². The lowest BCUT2D eigenvalue weighted by Gasteiger charge is -2.12. The van der Waals surface area contributed by atoms with E-state index < -0.39 is 21.7 Å². The van der Waals surface area contributed by atoms with Crippen LogP contribution in [0.4, 0.5) is 10.1 Å². The maximum absolute atomic E-state index is 13.8. The van der Waals surface area contributed by atoms with Crippen molar-refractivity contribution in [1.29, 1.82) is 0 Å². The van der Waals surface area contributed by atoms with Crippen molar-refractivity contribution in [2.75, 3.05) is 5.32 Å². The molecular formula is C17H18ClFN2O3S. The van der Waals surface area contributed by atoms with Crippen molar-refractivity contribution < 1.29 is 17.6 Å². The Morgan fingerprint density at radius 3 is 2.44 bits per heavy atom. The predicted molar refractivity (Wildman–Crippen MR) is 95.9 cm³/mol. The lowest BCUT2D eigenvalue weighted by molar-refractivity contribution is 0.102. The normalized spacial score (nSPS) is 12.6. The Hall–Kier alpha value is -1.96. The van der Waals surface area contributed by atoms with Crippen LogP contribution in [-0.4, -0.2) is 20.4 Å². The van der Waals surface area contributed by atoms with Gasteiger partial charge in [0.15, 0.2) is 5.82 Å². The minimum absolute atomic E-state index is 0.0485. The molecule has 0 aromatic heterocycles. The Labute approximate surface area is 151 Å². The number of hydrogen-bond acceptors (Lipinski definition) is 3. The van der Waals surface area contributed by atoms with Gasteiger partial charge in [0.1, 0.15) is 0 Å². The van der Waals surface area contributed by atoms with Crippen LogP contribution in [0.3, 0.4) is 0 Å². The molecule has 1 atom stereocenters. The van der Waals surface area contributed by atoms with Gasteiger partial charge < -0.3 is 5.32 Å². The highest BCUT2D eigenvalue weighted by Gasteiger charge is 2.17. The summed E-state index contributed by atoms with van der Waals surface area (Å²) in [6.45, 7) is 3.63. The van der Waals surface area contributed by atoms with Gasteiger partial charge in [-0.3, -0.25) is 4.79 Å². The number of carbonyl (C=O) groups excluding carboxylic acids is 1. The van der Waals surface area contributed by atoms with E-state index in [2.05, 4.69) is 10.0 Å². The Kier molecular flexibility index (Phi) is 6.16. The lowest BCUT2D eigenvalue weighted by atomic mass is 10.2. The standard InChI is InChI=1S/C17H18ClFN2O3S/c1-3-11(2)21-25(23,24)13-9-7-12(8-10-13)17(22)20-15-6-4-5-14(18)16(15)19/h4-11,21H,3H2,1-2H3,(H,20,22). The molecule has 8 heteroatoms. The molecule has 0 saturated heterocycles. The van der Waals surface area contributed by atoms with E-state index in [0.717, 1.165) is 0 Å². The zero-order valence-electron chi connectivity index (χ0n) is 13.7. The van der Waals surface area contributed by atoms with Gasteiger partial charge in [-0.15, -0.1) is 0 Å². The van der Waals surface area contributed by atoms with Crippen LogP contribution < -0.4 is 10.0 Å². The maximum Gasteiger partial charge on any atom is 0.255 e. The van der Waals surface area contributed by atoms with Crippen LogP contribution in [0.5, 0.6) is 0 Å². The van der Waals surface area contributed by atoms with Gasteiger partial charge in [0, 0.05) is 11.6 Å². The van der Waals surface area contributed by atoms with E-state index >= 15 is 0 Å². The molecule has 0 bridgehead atoms. The van der Waals surface area contributed by atoms with Crippen LogP contribution >= 0.6 is 11.6 Å². The van der Waals surface area contributed by atoms with Crippen molar-refractivity contribution in [3.8, 4) is 0 Å². The first kappa shape index (κ1) is 19.4. The van der Waals surface area contributed by atoms with Crippen molar-refractivity contribution in [3.05, 3.63) is 58.9 Å². The maximum atomic E-state index is 13.8. The molecule has 0 fully saturated rings. The van der Waals surface area contributed by atoms with Crippen LogP contribution in [-0.2, 0) is 10.0 Å². The van der Waals surface area contributed by atoms with Crippen molar-refractivity contribution in [1.82, 2.24) is 4.72 Å². The number of amides is 1. The second-order valence-corrected chi connectivity index (χ2v) is 7.63. The number of sulfonamides is 1. The van der Waals surface area contributed by atoms with Gasteiger partial charge >= 0.3 is 0 Å². The third-order valence-electron chi connectivity index (χ3n) is 3.60. The molecule has 5 nitrogen and oxygen atoms in total. The number of rotatable bonds is 6. The fourth-order valence-electron chi connectivity index (χ4n) is 2.00. The smallest absolute Gasteiger partial charge is 0.255 e. The molecule has 0 aliphatic rings. The highest BCUT2D eigenvalue weighted by Crippen LogP contribution is 2.22. The summed E-state index contributed by atoms with van der Waals surface area (Å²) in [6, 6.07) is 9.45. The summed E-state index contributed by atoms with van der Waals surface area (Å²) >= 11 is 5.67. The Bertz CT molecular complexity index is 870. The molecule has 2 aromatic rings. The van der Waals surface area contributed by atoms with E-state index in [1.165, 1.54) is 42.5 Å². The third kappa shape index (κ3) is 4.78. The van der Waals surface area contributed by atoms with Gasteiger partial charge in [-0.05, 0) is 49.7 Å². The number of benzene rings is 2. The Morgan fingerprint density at radius 1 is 1.20 bits per heavy atom. The van der Waals surface area contributed by atoms with Gasteiger partial charge in [-0.25, -0.2) is 17.5 Å². The van der Waals surface area contributed by atoms with Crippen molar-refractivity contribution >= 4 is 33.2 Å². The molecule has 0 saturated carbocycles. The summed E-state index contributed by atoms with van der Waals surface area (Å²) in [4.78, 5) is 12.2. The average Bonchev–Trinajstić information content (AvgIpc) is 2.58.